The van der Waals surface area contributed by atoms with Crippen LogP contribution in [0.3, 0.4) is 0 Å². The van der Waals surface area contributed by atoms with Gasteiger partial charge in [-0.2, -0.15) is 5.26 Å². The van der Waals surface area contributed by atoms with E-state index in [2.05, 4.69) is 31.9 Å². The van der Waals surface area contributed by atoms with E-state index < -0.39 is 0 Å². The van der Waals surface area contributed by atoms with E-state index in [4.69, 9.17) is 5.26 Å². The van der Waals surface area contributed by atoms with E-state index >= 15 is 0 Å². The summed E-state index contributed by atoms with van der Waals surface area (Å²) in [6.45, 7) is 1.84. The van der Waals surface area contributed by atoms with Gasteiger partial charge >= 0.3 is 0 Å². The van der Waals surface area contributed by atoms with Crippen LogP contribution in [0.4, 0.5) is 0 Å². The smallest absolute Gasteiger partial charge is 0.144 e. The van der Waals surface area contributed by atoms with Crippen LogP contribution in [-0.2, 0) is 0 Å². The molecule has 2 nitrogen and oxygen atoms in total. The predicted octanol–water partition coefficient (Wildman–Crippen LogP) is 3.80. The summed E-state index contributed by atoms with van der Waals surface area (Å²) < 4.78 is 1.21. The highest BCUT2D eigenvalue weighted by Gasteiger charge is 2.11. The third-order valence-electron chi connectivity index (χ3n) is 1.55. The number of halogens is 2. The third kappa shape index (κ3) is 2.19. The summed E-state index contributed by atoms with van der Waals surface area (Å²) in [6, 6.07) is 1.73. The van der Waals surface area contributed by atoms with Crippen molar-refractivity contribution in [3.63, 3.8) is 0 Å². The Hall–Kier alpha value is -0.180. The van der Waals surface area contributed by atoms with E-state index in [-0.39, 0.29) is 5.75 Å². The van der Waals surface area contributed by atoms with E-state index in [9.17, 15) is 5.11 Å². The van der Waals surface area contributed by atoms with Crippen molar-refractivity contribution in [2.75, 3.05) is 0 Å². The Kier molecular flexibility index (Phi) is 3.65. The van der Waals surface area contributed by atoms with Crippen molar-refractivity contribution >= 4 is 43.6 Å². The van der Waals surface area contributed by atoms with Gasteiger partial charge in [0, 0.05) is 4.90 Å². The van der Waals surface area contributed by atoms with E-state index in [1.807, 2.05) is 12.3 Å². The van der Waals surface area contributed by atoms with Gasteiger partial charge in [-0.1, -0.05) is 0 Å². The zero-order valence-electron chi connectivity index (χ0n) is 6.64. The molecule has 68 valence electrons. The monoisotopic (exact) mass is 321 g/mol. The first-order chi connectivity index (χ1) is 6.07. The minimum atomic E-state index is 0.166. The largest absolute Gasteiger partial charge is 0.506 e. The Bertz CT molecular complexity index is 387. The fourth-order valence-corrected chi connectivity index (χ4v) is 2.77. The Balaban J connectivity index is 3.34. The van der Waals surface area contributed by atoms with Crippen LogP contribution in [0.25, 0.3) is 0 Å². The molecule has 1 N–H and O–H groups in total. The van der Waals surface area contributed by atoms with Gasteiger partial charge in [0.2, 0.25) is 0 Å². The van der Waals surface area contributed by atoms with Gasteiger partial charge in [-0.3, -0.25) is 0 Å². The second-order valence-electron chi connectivity index (χ2n) is 2.34. The highest BCUT2D eigenvalue weighted by atomic mass is 79.9. The lowest BCUT2D eigenvalue weighted by atomic mass is 10.2. The van der Waals surface area contributed by atoms with Crippen molar-refractivity contribution in [3.8, 4) is 11.2 Å². The molecule has 13 heavy (non-hydrogen) atoms. The van der Waals surface area contributed by atoms with Gasteiger partial charge < -0.3 is 5.11 Å². The Morgan fingerprint density at radius 3 is 2.69 bits per heavy atom. The van der Waals surface area contributed by atoms with E-state index in [0.717, 1.165) is 22.2 Å². The van der Waals surface area contributed by atoms with Crippen LogP contribution in [0.1, 0.15) is 5.56 Å². The third-order valence-corrected chi connectivity index (χ3v) is 3.86. The number of hydrogen-bond acceptors (Lipinski definition) is 3. The van der Waals surface area contributed by atoms with Gasteiger partial charge in [0.25, 0.3) is 0 Å². The summed E-state index contributed by atoms with van der Waals surface area (Å²) in [6.07, 6.45) is 0. The van der Waals surface area contributed by atoms with Crippen LogP contribution in [-0.4, -0.2) is 5.11 Å². The maximum Gasteiger partial charge on any atom is 0.144 e. The quantitative estimate of drug-likeness (QED) is 0.631. The number of hydrogen-bond donors (Lipinski definition) is 1. The van der Waals surface area contributed by atoms with Crippen molar-refractivity contribution in [1.29, 1.82) is 5.26 Å². The molecule has 0 aliphatic rings. The molecular formula is C8H5Br2NOS. The molecular weight excluding hydrogens is 318 g/mol. The highest BCUT2D eigenvalue weighted by Crippen LogP contribution is 2.39. The first kappa shape index (κ1) is 10.9. The summed E-state index contributed by atoms with van der Waals surface area (Å²) >= 11 is 7.52. The maximum atomic E-state index is 9.49. The summed E-state index contributed by atoms with van der Waals surface area (Å²) in [5.74, 6) is 0.166. The molecule has 0 aromatic heterocycles. The first-order valence-electron chi connectivity index (χ1n) is 3.31. The molecule has 0 aliphatic heterocycles. The zero-order valence-corrected chi connectivity index (χ0v) is 10.6. The van der Waals surface area contributed by atoms with Crippen LogP contribution in [0, 0.1) is 17.6 Å². The Labute approximate surface area is 97.2 Å². The molecule has 0 bridgehead atoms. The first-order valence-corrected chi connectivity index (χ1v) is 5.71. The molecule has 1 rings (SSSR count). The van der Waals surface area contributed by atoms with Crippen LogP contribution >= 0.6 is 43.6 Å². The minimum absolute atomic E-state index is 0.166. The van der Waals surface area contributed by atoms with E-state index in [0.29, 0.717) is 8.95 Å². The maximum absolute atomic E-state index is 9.49. The Morgan fingerprint density at radius 2 is 2.15 bits per heavy atom. The number of phenols is 1. The molecule has 0 heterocycles. The molecule has 0 fully saturated rings. The number of nitriles is 1. The average Bonchev–Trinajstić information content (AvgIpc) is 2.11. The molecule has 0 saturated carbocycles. The van der Waals surface area contributed by atoms with Crippen molar-refractivity contribution in [2.45, 2.75) is 11.8 Å². The standard InChI is InChI=1S/C8H5Br2NOS/c1-4-6(13-3-11)2-5(9)8(12)7(4)10/h2,12H,1H3. The topological polar surface area (TPSA) is 44.0 Å². The fourth-order valence-electron chi connectivity index (χ4n) is 0.838. The van der Waals surface area contributed by atoms with Crippen LogP contribution in [0.15, 0.2) is 19.9 Å². The summed E-state index contributed by atoms with van der Waals surface area (Å²) in [7, 11) is 0. The van der Waals surface area contributed by atoms with Gasteiger partial charge in [0.05, 0.1) is 8.95 Å². The van der Waals surface area contributed by atoms with E-state index in [1.54, 1.807) is 6.07 Å². The molecule has 0 unspecified atom stereocenters. The van der Waals surface area contributed by atoms with Crippen molar-refractivity contribution < 1.29 is 5.11 Å². The molecule has 0 radical (unpaired) electrons. The summed E-state index contributed by atoms with van der Waals surface area (Å²) in [5.41, 5.74) is 0.868. The fraction of sp³-hybridized carbons (Fsp3) is 0.125. The number of thioether (sulfide) groups is 1. The lowest BCUT2D eigenvalue weighted by Gasteiger charge is -2.07. The number of thiocyanates is 1. The normalized spacial score (nSPS) is 9.69. The SMILES string of the molecule is Cc1c(SC#N)cc(Br)c(O)c1Br. The molecule has 0 aliphatic carbocycles. The van der Waals surface area contributed by atoms with Crippen LogP contribution in [0.5, 0.6) is 5.75 Å². The number of nitrogens with zero attached hydrogens (tertiary/aromatic N) is 1. The van der Waals surface area contributed by atoms with Gasteiger partial charge in [-0.05, 0) is 62.2 Å². The molecule has 1 aromatic carbocycles. The lowest BCUT2D eigenvalue weighted by molar-refractivity contribution is 0.467. The molecule has 0 amide bonds. The molecule has 0 atom stereocenters. The van der Waals surface area contributed by atoms with Crippen LogP contribution < -0.4 is 0 Å². The van der Waals surface area contributed by atoms with Gasteiger partial charge in [0.1, 0.15) is 11.2 Å². The lowest BCUT2D eigenvalue weighted by Crippen LogP contribution is -1.83. The van der Waals surface area contributed by atoms with Crippen molar-refractivity contribution in [1.82, 2.24) is 0 Å². The summed E-state index contributed by atoms with van der Waals surface area (Å²) in [5, 5.41) is 20.0. The highest BCUT2D eigenvalue weighted by molar-refractivity contribution is 9.11. The number of aromatic hydroxyl groups is 1. The number of benzene rings is 1. The Morgan fingerprint density at radius 1 is 1.54 bits per heavy atom. The molecule has 0 saturated heterocycles. The van der Waals surface area contributed by atoms with Crippen molar-refractivity contribution in [3.05, 3.63) is 20.6 Å². The predicted molar refractivity (Wildman–Crippen MR) is 59.7 cm³/mol. The van der Waals surface area contributed by atoms with Gasteiger partial charge in [-0.25, -0.2) is 0 Å². The van der Waals surface area contributed by atoms with Gasteiger partial charge in [0.15, 0.2) is 0 Å². The second-order valence-corrected chi connectivity index (χ2v) is 4.81. The average molecular weight is 323 g/mol. The second kappa shape index (κ2) is 4.36. The van der Waals surface area contributed by atoms with E-state index in [1.165, 1.54) is 0 Å². The zero-order chi connectivity index (χ0) is 10.0. The van der Waals surface area contributed by atoms with Gasteiger partial charge in [-0.15, -0.1) is 0 Å². The molecule has 0 spiro atoms. The number of phenolic OH excluding ortho intramolecular Hbond substituents is 1. The number of rotatable bonds is 1. The molecule has 5 heteroatoms. The van der Waals surface area contributed by atoms with Crippen molar-refractivity contribution in [2.24, 2.45) is 0 Å². The molecule has 1 aromatic rings. The van der Waals surface area contributed by atoms with Crippen LogP contribution in [0.2, 0.25) is 0 Å². The minimum Gasteiger partial charge on any atom is -0.506 e. The summed E-state index contributed by atoms with van der Waals surface area (Å²) in [4.78, 5) is 0.832.